The van der Waals surface area contributed by atoms with E-state index in [1.807, 2.05) is 31.2 Å². The predicted molar refractivity (Wildman–Crippen MR) is 55.1 cm³/mol. The van der Waals surface area contributed by atoms with Gasteiger partial charge in [-0.25, -0.2) is 0 Å². The van der Waals surface area contributed by atoms with E-state index in [2.05, 4.69) is 5.32 Å². The molecule has 1 unspecified atom stereocenters. The van der Waals surface area contributed by atoms with Crippen molar-refractivity contribution in [2.45, 2.75) is 13.0 Å². The van der Waals surface area contributed by atoms with Crippen molar-refractivity contribution in [3.63, 3.8) is 0 Å². The van der Waals surface area contributed by atoms with Crippen LogP contribution in [-0.2, 0) is 0 Å². The van der Waals surface area contributed by atoms with E-state index in [0.29, 0.717) is 12.6 Å². The second-order valence-corrected chi connectivity index (χ2v) is 3.01. The highest BCUT2D eigenvalue weighted by molar-refractivity contribution is 5.46. The highest BCUT2D eigenvalue weighted by atomic mass is 16.5. The highest BCUT2D eigenvalue weighted by Crippen LogP contribution is 2.15. The molecule has 0 bridgehead atoms. The van der Waals surface area contributed by atoms with Crippen LogP contribution in [0.15, 0.2) is 24.3 Å². The Hall–Kier alpha value is -1.22. The Kier molecular flexibility index (Phi) is 3.58. The summed E-state index contributed by atoms with van der Waals surface area (Å²) in [6.07, 6.45) is 0. The maximum Gasteiger partial charge on any atom is 0.119 e. The fourth-order valence-corrected chi connectivity index (χ4v) is 1.03. The molecule has 13 heavy (non-hydrogen) atoms. The van der Waals surface area contributed by atoms with Crippen molar-refractivity contribution in [1.29, 1.82) is 0 Å². The lowest BCUT2D eigenvalue weighted by molar-refractivity contribution is 0.415. The number of hydrogen-bond donors (Lipinski definition) is 2. The quantitative estimate of drug-likeness (QED) is 0.737. The molecule has 0 saturated carbocycles. The summed E-state index contributed by atoms with van der Waals surface area (Å²) in [4.78, 5) is 0. The number of nitrogens with two attached hydrogens (primary N) is 1. The predicted octanol–water partition coefficient (Wildman–Crippen LogP) is 1.45. The first-order valence-electron chi connectivity index (χ1n) is 4.37. The van der Waals surface area contributed by atoms with Gasteiger partial charge >= 0.3 is 0 Å². The van der Waals surface area contributed by atoms with Crippen LogP contribution in [0, 0.1) is 0 Å². The smallest absolute Gasteiger partial charge is 0.119 e. The SMILES string of the molecule is COc1ccc(NC(C)CN)cc1. The standard InChI is InChI=1S/C10H16N2O/c1-8(7-11)12-9-3-5-10(13-2)6-4-9/h3-6,8,12H,7,11H2,1-2H3. The van der Waals surface area contributed by atoms with Crippen LogP contribution in [0.25, 0.3) is 0 Å². The minimum Gasteiger partial charge on any atom is -0.497 e. The first kappa shape index (κ1) is 9.86. The minimum atomic E-state index is 0.299. The zero-order chi connectivity index (χ0) is 9.68. The van der Waals surface area contributed by atoms with Gasteiger partial charge in [-0.05, 0) is 31.2 Å². The molecule has 0 aliphatic rings. The molecule has 0 aliphatic heterocycles. The largest absolute Gasteiger partial charge is 0.497 e. The summed E-state index contributed by atoms with van der Waals surface area (Å²) >= 11 is 0. The molecule has 3 nitrogen and oxygen atoms in total. The summed E-state index contributed by atoms with van der Waals surface area (Å²) in [5.41, 5.74) is 6.56. The minimum absolute atomic E-state index is 0.299. The average Bonchev–Trinajstić information content (AvgIpc) is 2.19. The molecule has 72 valence electrons. The molecule has 1 aromatic carbocycles. The lowest BCUT2D eigenvalue weighted by Gasteiger charge is -2.12. The van der Waals surface area contributed by atoms with Gasteiger partial charge in [-0.15, -0.1) is 0 Å². The van der Waals surface area contributed by atoms with Crippen LogP contribution in [0.5, 0.6) is 5.75 Å². The summed E-state index contributed by atoms with van der Waals surface area (Å²) in [7, 11) is 1.66. The van der Waals surface area contributed by atoms with E-state index < -0.39 is 0 Å². The molecule has 0 radical (unpaired) electrons. The molecule has 0 fully saturated rings. The van der Waals surface area contributed by atoms with Crippen molar-refractivity contribution in [1.82, 2.24) is 0 Å². The molecular weight excluding hydrogens is 164 g/mol. The van der Waals surface area contributed by atoms with Crippen molar-refractivity contribution in [3.05, 3.63) is 24.3 Å². The van der Waals surface area contributed by atoms with Crippen LogP contribution >= 0.6 is 0 Å². The molecule has 0 amide bonds. The molecule has 0 aliphatic carbocycles. The van der Waals surface area contributed by atoms with Gasteiger partial charge in [0.15, 0.2) is 0 Å². The summed E-state index contributed by atoms with van der Waals surface area (Å²) in [5, 5.41) is 3.26. The molecule has 0 spiro atoms. The summed E-state index contributed by atoms with van der Waals surface area (Å²) in [5.74, 6) is 0.867. The molecule has 1 rings (SSSR count). The molecule has 1 aromatic rings. The van der Waals surface area contributed by atoms with Gasteiger partial charge in [0.25, 0.3) is 0 Å². The van der Waals surface area contributed by atoms with Crippen LogP contribution in [0.2, 0.25) is 0 Å². The molecule has 0 heterocycles. The maximum atomic E-state index is 5.49. The van der Waals surface area contributed by atoms with Gasteiger partial charge in [0.2, 0.25) is 0 Å². The first-order valence-corrected chi connectivity index (χ1v) is 4.37. The van der Waals surface area contributed by atoms with Crippen molar-refractivity contribution in [2.75, 3.05) is 19.0 Å². The number of methoxy groups -OCH3 is 1. The average molecular weight is 180 g/mol. The van der Waals surface area contributed by atoms with E-state index >= 15 is 0 Å². The van der Waals surface area contributed by atoms with Crippen molar-refractivity contribution >= 4 is 5.69 Å². The van der Waals surface area contributed by atoms with E-state index in [9.17, 15) is 0 Å². The van der Waals surface area contributed by atoms with Gasteiger partial charge in [0.05, 0.1) is 7.11 Å². The van der Waals surface area contributed by atoms with Gasteiger partial charge in [-0.3, -0.25) is 0 Å². The molecule has 3 N–H and O–H groups in total. The number of anilines is 1. The van der Waals surface area contributed by atoms with Crippen LogP contribution in [0.4, 0.5) is 5.69 Å². The number of hydrogen-bond acceptors (Lipinski definition) is 3. The fraction of sp³-hybridized carbons (Fsp3) is 0.400. The Morgan fingerprint density at radius 3 is 2.46 bits per heavy atom. The van der Waals surface area contributed by atoms with E-state index in [-0.39, 0.29) is 0 Å². The van der Waals surface area contributed by atoms with Gasteiger partial charge in [0, 0.05) is 18.3 Å². The van der Waals surface area contributed by atoms with E-state index in [1.54, 1.807) is 7.11 Å². The molecular formula is C10H16N2O. The number of rotatable bonds is 4. The molecule has 3 heteroatoms. The second-order valence-electron chi connectivity index (χ2n) is 3.01. The monoisotopic (exact) mass is 180 g/mol. The summed E-state index contributed by atoms with van der Waals surface area (Å²) < 4.78 is 5.05. The van der Waals surface area contributed by atoms with Gasteiger partial charge in [-0.2, -0.15) is 0 Å². The second kappa shape index (κ2) is 4.72. The van der Waals surface area contributed by atoms with E-state index in [1.165, 1.54) is 0 Å². The fourth-order valence-electron chi connectivity index (χ4n) is 1.03. The third-order valence-electron chi connectivity index (χ3n) is 1.86. The van der Waals surface area contributed by atoms with Gasteiger partial charge in [0.1, 0.15) is 5.75 Å². The van der Waals surface area contributed by atoms with Gasteiger partial charge in [-0.1, -0.05) is 0 Å². The Labute approximate surface area is 78.9 Å². The maximum absolute atomic E-state index is 5.49. The normalized spacial score (nSPS) is 12.2. The van der Waals surface area contributed by atoms with Crippen molar-refractivity contribution in [3.8, 4) is 5.75 Å². The lowest BCUT2D eigenvalue weighted by atomic mass is 10.2. The third-order valence-corrected chi connectivity index (χ3v) is 1.86. The lowest BCUT2D eigenvalue weighted by Crippen LogP contribution is -2.24. The molecule has 0 saturated heterocycles. The van der Waals surface area contributed by atoms with Crippen LogP contribution in [-0.4, -0.2) is 19.7 Å². The zero-order valence-corrected chi connectivity index (χ0v) is 8.08. The van der Waals surface area contributed by atoms with E-state index in [0.717, 1.165) is 11.4 Å². The topological polar surface area (TPSA) is 47.3 Å². The van der Waals surface area contributed by atoms with Gasteiger partial charge < -0.3 is 15.8 Å². The molecule has 0 aromatic heterocycles. The van der Waals surface area contributed by atoms with Crippen LogP contribution in [0.1, 0.15) is 6.92 Å². The van der Waals surface area contributed by atoms with Crippen molar-refractivity contribution in [2.24, 2.45) is 5.73 Å². The van der Waals surface area contributed by atoms with E-state index in [4.69, 9.17) is 10.5 Å². The Morgan fingerprint density at radius 2 is 2.00 bits per heavy atom. The summed E-state index contributed by atoms with van der Waals surface area (Å²) in [6.45, 7) is 2.68. The number of benzene rings is 1. The third kappa shape index (κ3) is 2.95. The number of nitrogens with one attached hydrogen (secondary N) is 1. The Bertz CT molecular complexity index is 246. The van der Waals surface area contributed by atoms with Crippen LogP contribution < -0.4 is 15.8 Å². The zero-order valence-electron chi connectivity index (χ0n) is 8.08. The highest BCUT2D eigenvalue weighted by Gasteiger charge is 1.98. The number of ether oxygens (including phenoxy) is 1. The molecule has 1 atom stereocenters. The Morgan fingerprint density at radius 1 is 1.38 bits per heavy atom. The van der Waals surface area contributed by atoms with Crippen molar-refractivity contribution < 1.29 is 4.74 Å². The summed E-state index contributed by atoms with van der Waals surface area (Å²) in [6, 6.07) is 8.10. The van der Waals surface area contributed by atoms with Crippen LogP contribution in [0.3, 0.4) is 0 Å². The Balaban J connectivity index is 2.58. The first-order chi connectivity index (χ1) is 6.26.